The predicted molar refractivity (Wildman–Crippen MR) is 111 cm³/mol. The molecule has 2 aromatic heterocycles. The number of hydrogen-bond acceptors (Lipinski definition) is 5. The Labute approximate surface area is 168 Å². The van der Waals surface area contributed by atoms with Crippen molar-refractivity contribution in [1.82, 2.24) is 14.5 Å². The number of carbonyl (C=O) groups is 1. The van der Waals surface area contributed by atoms with Gasteiger partial charge in [-0.05, 0) is 49.6 Å². The Bertz CT molecular complexity index is 1150. The number of fused-ring (bicyclic) bond motifs is 2. The minimum Gasteiger partial charge on any atom is -0.436 e. The molecule has 3 heterocycles. The fraction of sp³-hybridized carbons (Fsp3) is 0.348. The SMILES string of the molecule is CCCC(=O)c1nc2cc(-c3nc4ccccc4o3)ccc2n1C1CCOCC1. The highest BCUT2D eigenvalue weighted by molar-refractivity contribution is 5.97. The molecule has 0 bridgehead atoms. The van der Waals surface area contributed by atoms with Crippen LogP contribution in [0.4, 0.5) is 0 Å². The van der Waals surface area contributed by atoms with Gasteiger partial charge < -0.3 is 13.7 Å². The lowest BCUT2D eigenvalue weighted by atomic mass is 10.1. The van der Waals surface area contributed by atoms with Crippen LogP contribution in [0.2, 0.25) is 0 Å². The Morgan fingerprint density at radius 2 is 1.93 bits per heavy atom. The van der Waals surface area contributed by atoms with Crippen LogP contribution in [-0.2, 0) is 4.74 Å². The van der Waals surface area contributed by atoms with Crippen molar-refractivity contribution in [3.05, 3.63) is 48.3 Å². The summed E-state index contributed by atoms with van der Waals surface area (Å²) in [6.45, 7) is 3.45. The van der Waals surface area contributed by atoms with Crippen LogP contribution < -0.4 is 0 Å². The number of oxazole rings is 1. The number of imidazole rings is 1. The molecular weight excluding hydrogens is 366 g/mol. The molecule has 0 radical (unpaired) electrons. The van der Waals surface area contributed by atoms with E-state index in [1.807, 2.05) is 49.4 Å². The summed E-state index contributed by atoms with van der Waals surface area (Å²) in [6, 6.07) is 14.0. The summed E-state index contributed by atoms with van der Waals surface area (Å²) in [6.07, 6.45) is 3.10. The fourth-order valence-corrected chi connectivity index (χ4v) is 4.08. The summed E-state index contributed by atoms with van der Waals surface area (Å²) >= 11 is 0. The fourth-order valence-electron chi connectivity index (χ4n) is 4.08. The highest BCUT2D eigenvalue weighted by Crippen LogP contribution is 2.32. The Balaban J connectivity index is 1.62. The molecule has 0 amide bonds. The van der Waals surface area contributed by atoms with E-state index in [1.54, 1.807) is 0 Å². The van der Waals surface area contributed by atoms with Crippen molar-refractivity contribution in [2.24, 2.45) is 0 Å². The maximum Gasteiger partial charge on any atom is 0.227 e. The average molecular weight is 389 g/mol. The van der Waals surface area contributed by atoms with Crippen LogP contribution in [0, 0.1) is 0 Å². The van der Waals surface area contributed by atoms with Crippen molar-refractivity contribution in [2.75, 3.05) is 13.2 Å². The lowest BCUT2D eigenvalue weighted by Crippen LogP contribution is -2.22. The van der Waals surface area contributed by atoms with Gasteiger partial charge in [0, 0.05) is 31.2 Å². The molecule has 0 aliphatic carbocycles. The number of ether oxygens (including phenoxy) is 1. The number of ketones is 1. The molecule has 0 N–H and O–H groups in total. The van der Waals surface area contributed by atoms with Crippen molar-refractivity contribution in [3.63, 3.8) is 0 Å². The zero-order valence-corrected chi connectivity index (χ0v) is 16.4. The van der Waals surface area contributed by atoms with Gasteiger partial charge in [-0.15, -0.1) is 0 Å². The molecule has 0 saturated carbocycles. The number of hydrogen-bond donors (Lipinski definition) is 0. The first-order chi connectivity index (χ1) is 14.2. The molecule has 1 aliphatic heterocycles. The molecule has 1 fully saturated rings. The molecule has 1 aliphatic rings. The van der Waals surface area contributed by atoms with Gasteiger partial charge in [0.05, 0.1) is 11.0 Å². The Kier molecular flexibility index (Phi) is 4.64. The van der Waals surface area contributed by atoms with Crippen LogP contribution in [0.15, 0.2) is 46.9 Å². The normalized spacial score (nSPS) is 15.3. The van der Waals surface area contributed by atoms with E-state index in [2.05, 4.69) is 9.55 Å². The molecule has 0 unspecified atom stereocenters. The summed E-state index contributed by atoms with van der Waals surface area (Å²) in [5.74, 6) is 1.22. The number of nitrogens with zero attached hydrogens (tertiary/aromatic N) is 3. The molecule has 2 aromatic carbocycles. The summed E-state index contributed by atoms with van der Waals surface area (Å²) in [4.78, 5) is 22.1. The lowest BCUT2D eigenvalue weighted by molar-refractivity contribution is 0.0687. The molecule has 148 valence electrons. The Hall–Kier alpha value is -2.99. The molecule has 1 saturated heterocycles. The molecule has 4 aromatic rings. The minimum atomic E-state index is 0.0959. The van der Waals surface area contributed by atoms with Crippen molar-refractivity contribution in [2.45, 2.75) is 38.6 Å². The van der Waals surface area contributed by atoms with Crippen molar-refractivity contribution in [3.8, 4) is 11.5 Å². The predicted octanol–water partition coefficient (Wildman–Crippen LogP) is 5.18. The summed E-state index contributed by atoms with van der Waals surface area (Å²) in [7, 11) is 0. The smallest absolute Gasteiger partial charge is 0.227 e. The van der Waals surface area contributed by atoms with Gasteiger partial charge in [0.2, 0.25) is 5.89 Å². The van der Waals surface area contributed by atoms with Gasteiger partial charge in [-0.1, -0.05) is 19.1 Å². The van der Waals surface area contributed by atoms with E-state index >= 15 is 0 Å². The van der Waals surface area contributed by atoms with Gasteiger partial charge in [0.25, 0.3) is 0 Å². The first-order valence-corrected chi connectivity index (χ1v) is 10.2. The molecule has 6 heteroatoms. The highest BCUT2D eigenvalue weighted by atomic mass is 16.5. The van der Waals surface area contributed by atoms with E-state index in [4.69, 9.17) is 14.1 Å². The van der Waals surface area contributed by atoms with E-state index in [1.165, 1.54) is 0 Å². The van der Waals surface area contributed by atoms with Gasteiger partial charge >= 0.3 is 0 Å². The van der Waals surface area contributed by atoms with E-state index in [-0.39, 0.29) is 11.8 Å². The number of rotatable bonds is 5. The molecular formula is C23H23N3O3. The zero-order valence-electron chi connectivity index (χ0n) is 16.4. The second-order valence-electron chi connectivity index (χ2n) is 7.51. The lowest BCUT2D eigenvalue weighted by Gasteiger charge is -2.25. The topological polar surface area (TPSA) is 70.2 Å². The third-order valence-electron chi connectivity index (χ3n) is 5.51. The van der Waals surface area contributed by atoms with Crippen LogP contribution in [-0.4, -0.2) is 33.5 Å². The van der Waals surface area contributed by atoms with Crippen LogP contribution in [0.5, 0.6) is 0 Å². The van der Waals surface area contributed by atoms with Crippen molar-refractivity contribution in [1.29, 1.82) is 0 Å². The summed E-state index contributed by atoms with van der Waals surface area (Å²) in [5, 5.41) is 0. The van der Waals surface area contributed by atoms with E-state index in [9.17, 15) is 4.79 Å². The molecule has 29 heavy (non-hydrogen) atoms. The number of carbonyl (C=O) groups excluding carboxylic acids is 1. The standard InChI is InChI=1S/C23H23N3O3/c1-2-5-20(27)22-24-18-14-15(23-25-17-6-3-4-7-21(17)29-23)8-9-19(18)26(22)16-10-12-28-13-11-16/h3-4,6-9,14,16H,2,5,10-13H2,1H3. The van der Waals surface area contributed by atoms with Crippen LogP contribution >= 0.6 is 0 Å². The summed E-state index contributed by atoms with van der Waals surface area (Å²) in [5.41, 5.74) is 4.23. The van der Waals surface area contributed by atoms with Gasteiger partial charge in [-0.3, -0.25) is 4.79 Å². The van der Waals surface area contributed by atoms with Crippen LogP contribution in [0.1, 0.15) is 49.3 Å². The van der Waals surface area contributed by atoms with Crippen molar-refractivity contribution < 1.29 is 13.9 Å². The van der Waals surface area contributed by atoms with Gasteiger partial charge in [-0.25, -0.2) is 9.97 Å². The number of Topliss-reactive ketones (excluding diaryl/α,β-unsaturated/α-hetero) is 1. The number of para-hydroxylation sites is 2. The van der Waals surface area contributed by atoms with Crippen LogP contribution in [0.25, 0.3) is 33.6 Å². The third kappa shape index (κ3) is 3.23. The van der Waals surface area contributed by atoms with E-state index in [0.717, 1.165) is 47.0 Å². The first kappa shape index (κ1) is 18.1. The van der Waals surface area contributed by atoms with Gasteiger partial charge in [0.1, 0.15) is 5.52 Å². The Morgan fingerprint density at radius 1 is 1.10 bits per heavy atom. The monoisotopic (exact) mass is 389 g/mol. The Morgan fingerprint density at radius 3 is 2.72 bits per heavy atom. The van der Waals surface area contributed by atoms with E-state index < -0.39 is 0 Å². The average Bonchev–Trinajstić information content (AvgIpc) is 3.35. The minimum absolute atomic E-state index is 0.0959. The second-order valence-corrected chi connectivity index (χ2v) is 7.51. The third-order valence-corrected chi connectivity index (χ3v) is 5.51. The van der Waals surface area contributed by atoms with E-state index in [0.29, 0.717) is 31.3 Å². The maximum absolute atomic E-state index is 12.8. The van der Waals surface area contributed by atoms with Crippen LogP contribution in [0.3, 0.4) is 0 Å². The van der Waals surface area contributed by atoms with Crippen molar-refractivity contribution >= 4 is 27.9 Å². The zero-order chi connectivity index (χ0) is 19.8. The summed E-state index contributed by atoms with van der Waals surface area (Å²) < 4.78 is 13.6. The number of aromatic nitrogens is 3. The second kappa shape index (κ2) is 7.44. The highest BCUT2D eigenvalue weighted by Gasteiger charge is 2.25. The number of benzene rings is 2. The van der Waals surface area contributed by atoms with Gasteiger partial charge in [-0.2, -0.15) is 0 Å². The molecule has 6 nitrogen and oxygen atoms in total. The largest absolute Gasteiger partial charge is 0.436 e. The quantitative estimate of drug-likeness (QED) is 0.440. The first-order valence-electron chi connectivity index (χ1n) is 10.2. The molecule has 0 spiro atoms. The van der Waals surface area contributed by atoms with Gasteiger partial charge in [0.15, 0.2) is 17.2 Å². The molecule has 0 atom stereocenters. The maximum atomic E-state index is 12.8. The molecule has 5 rings (SSSR count).